The van der Waals surface area contributed by atoms with Crippen molar-refractivity contribution in [1.82, 2.24) is 28.8 Å². The van der Waals surface area contributed by atoms with Crippen LogP contribution in [0.15, 0.2) is 83.1 Å². The summed E-state index contributed by atoms with van der Waals surface area (Å²) in [7, 11) is -4.33. The number of likely N-dealkylation sites (tertiary alicyclic amines) is 1. The third-order valence-electron chi connectivity index (χ3n) is 14.5. The van der Waals surface area contributed by atoms with Crippen molar-refractivity contribution in [3.63, 3.8) is 0 Å². The zero-order valence-corrected chi connectivity index (χ0v) is 47.1. The van der Waals surface area contributed by atoms with Crippen LogP contribution < -0.4 is 14.8 Å². The van der Waals surface area contributed by atoms with Gasteiger partial charge in [-0.25, -0.2) is 21.6 Å². The summed E-state index contributed by atoms with van der Waals surface area (Å²) in [4.78, 5) is 33.8. The number of pyridine rings is 2. The summed E-state index contributed by atoms with van der Waals surface area (Å²) < 4.78 is 78.3. The van der Waals surface area contributed by atoms with Gasteiger partial charge in [-0.05, 0) is 151 Å². The van der Waals surface area contributed by atoms with Crippen molar-refractivity contribution in [2.75, 3.05) is 79.9 Å². The van der Waals surface area contributed by atoms with E-state index in [0.717, 1.165) is 62.7 Å². The number of nitrogens with one attached hydrogen (secondary N) is 1. The molecule has 0 spiro atoms. The van der Waals surface area contributed by atoms with Crippen LogP contribution in [-0.4, -0.2) is 160 Å². The Hall–Kier alpha value is -4.81. The number of carboxylic acid groups (broad SMARTS) is 1. The first-order valence-corrected chi connectivity index (χ1v) is 28.6. The van der Waals surface area contributed by atoms with E-state index < -0.39 is 43.8 Å². The lowest BCUT2D eigenvalue weighted by atomic mass is 9.85. The molecule has 0 saturated carbocycles. The van der Waals surface area contributed by atoms with Crippen molar-refractivity contribution in [1.29, 1.82) is 0 Å². The molecule has 4 aromatic rings. The summed E-state index contributed by atoms with van der Waals surface area (Å²) in [6.07, 6.45) is 14.0. The molecular weight excluding hydrogens is 1040 g/mol. The highest BCUT2D eigenvalue weighted by atomic mass is 35.5. The number of carboxylic acids is 1. The number of hydrogen-bond donors (Lipinski definition) is 4. The van der Waals surface area contributed by atoms with Crippen LogP contribution in [0.2, 0.25) is 0 Å². The molecule has 4 aliphatic rings. The molecule has 2 atom stereocenters. The molecule has 0 radical (unpaired) electrons. The quantitative estimate of drug-likeness (QED) is 0.103. The summed E-state index contributed by atoms with van der Waals surface area (Å²) in [5.41, 5.74) is 2.62. The molecule has 1 amide bonds. The fourth-order valence-corrected chi connectivity index (χ4v) is 14.7. The number of benzene rings is 2. The number of halogens is 1. The molecule has 22 heteroatoms. The minimum atomic E-state index is -3.74. The Morgan fingerprint density at radius 2 is 1.05 bits per heavy atom. The minimum absolute atomic E-state index is 0. The van der Waals surface area contributed by atoms with E-state index in [4.69, 9.17) is 24.1 Å². The van der Waals surface area contributed by atoms with Crippen LogP contribution in [0.3, 0.4) is 0 Å². The number of ether oxygens (including phenoxy) is 4. The number of nitrogens with zero attached hydrogens (tertiary/aromatic N) is 5. The van der Waals surface area contributed by atoms with Crippen LogP contribution in [0.1, 0.15) is 97.6 Å². The molecule has 19 nitrogen and oxygen atoms in total. The van der Waals surface area contributed by atoms with E-state index in [1.54, 1.807) is 102 Å². The van der Waals surface area contributed by atoms with Crippen molar-refractivity contribution < 1.29 is 60.7 Å². The third-order valence-corrected chi connectivity index (χ3v) is 19.0. The average Bonchev–Trinajstić information content (AvgIpc) is 3.39. The third kappa shape index (κ3) is 15.7. The number of sulfonamides is 2. The molecule has 8 rings (SSSR count). The molecule has 2 aromatic heterocycles. The van der Waals surface area contributed by atoms with Crippen LogP contribution in [-0.2, 0) is 50.3 Å². The summed E-state index contributed by atoms with van der Waals surface area (Å²) in [6.45, 7) is 10.2. The standard InChI is InChI=1S/C27H37N3O6S.C17H25NO6S.C10H14N2O.ClH/c1-20-15-24(35-3)16-21(2)26(20)37(33,34)30-12-5-4-8-23(30)18-36-19-25(31)29-13-9-27(32,10-14-29)22-7-6-11-28-17-22;1-12-8-15(23-3)9-13(2)17(12)25(21,22)18-7-5-4-6-14(18)10-24-11-16(19)20;13-10(3-6-11-7-4-10)9-2-1-5-12-8-9;/h6-7,11,15-17,23,32H,4-5,8-10,12-14,18-19H2,1-3H3;8-9,14H,4-7,10-11H2,1-3H3,(H,19,20);1-2,5,8,11,13H,3-4,6-7H2;1H. The number of aryl methyl sites for hydroxylation is 4. The zero-order chi connectivity index (χ0) is 54.4. The number of amides is 1. The number of carbonyl (C=O) groups is 2. The second kappa shape index (κ2) is 28.2. The van der Waals surface area contributed by atoms with Crippen molar-refractivity contribution in [2.24, 2.45) is 0 Å². The van der Waals surface area contributed by atoms with Gasteiger partial charge < -0.3 is 44.5 Å². The minimum Gasteiger partial charge on any atom is -0.497 e. The molecule has 2 unspecified atom stereocenters. The second-order valence-electron chi connectivity index (χ2n) is 19.8. The molecule has 2 aromatic carbocycles. The number of piperidine rings is 4. The van der Waals surface area contributed by atoms with E-state index in [0.29, 0.717) is 95.4 Å². The molecule has 76 heavy (non-hydrogen) atoms. The van der Waals surface area contributed by atoms with Crippen LogP contribution in [0, 0.1) is 27.7 Å². The lowest BCUT2D eigenvalue weighted by molar-refractivity contribution is -0.143. The highest BCUT2D eigenvalue weighted by Crippen LogP contribution is 2.35. The van der Waals surface area contributed by atoms with Crippen LogP contribution in [0.5, 0.6) is 11.5 Å². The Balaban J connectivity index is 0.000000234. The van der Waals surface area contributed by atoms with Gasteiger partial charge in [0, 0.05) is 74.2 Å². The molecule has 0 aliphatic carbocycles. The highest BCUT2D eigenvalue weighted by Gasteiger charge is 2.39. The fraction of sp³-hybridized carbons (Fsp3) is 0.556. The maximum atomic E-state index is 13.7. The number of rotatable bonds is 16. The van der Waals surface area contributed by atoms with Gasteiger partial charge in [0.2, 0.25) is 26.0 Å². The fourth-order valence-electron chi connectivity index (χ4n) is 10.5. The Bertz CT molecular complexity index is 2700. The molecule has 4 saturated heterocycles. The number of hydrogen-bond acceptors (Lipinski definition) is 15. The van der Waals surface area contributed by atoms with Gasteiger partial charge in [-0.2, -0.15) is 8.61 Å². The van der Waals surface area contributed by atoms with Gasteiger partial charge in [0.15, 0.2) is 0 Å². The molecule has 0 bridgehead atoms. The highest BCUT2D eigenvalue weighted by molar-refractivity contribution is 7.89. The predicted octanol–water partition coefficient (Wildman–Crippen LogP) is 5.81. The van der Waals surface area contributed by atoms with Gasteiger partial charge >= 0.3 is 5.97 Å². The van der Waals surface area contributed by atoms with E-state index in [2.05, 4.69) is 15.3 Å². The smallest absolute Gasteiger partial charge is 0.329 e. The predicted molar refractivity (Wildman–Crippen MR) is 289 cm³/mol. The van der Waals surface area contributed by atoms with Crippen LogP contribution in [0.25, 0.3) is 0 Å². The second-order valence-corrected chi connectivity index (χ2v) is 23.5. The lowest BCUT2D eigenvalue weighted by Gasteiger charge is -2.38. The van der Waals surface area contributed by atoms with E-state index in [1.165, 1.54) is 8.61 Å². The van der Waals surface area contributed by atoms with Gasteiger partial charge in [0.1, 0.15) is 24.7 Å². The van der Waals surface area contributed by atoms with Crippen molar-refractivity contribution in [3.05, 3.63) is 107 Å². The van der Waals surface area contributed by atoms with Gasteiger partial charge in [0.05, 0.1) is 48.4 Å². The number of methoxy groups -OCH3 is 2. The summed E-state index contributed by atoms with van der Waals surface area (Å²) in [6, 6.07) is 13.7. The number of aromatic nitrogens is 2. The summed E-state index contributed by atoms with van der Waals surface area (Å²) in [5.74, 6) is 0.0314. The van der Waals surface area contributed by atoms with E-state index in [1.807, 2.05) is 18.2 Å². The Labute approximate surface area is 454 Å². The largest absolute Gasteiger partial charge is 0.497 e. The van der Waals surface area contributed by atoms with Gasteiger partial charge in [-0.15, -0.1) is 12.4 Å². The zero-order valence-electron chi connectivity index (χ0n) is 44.6. The van der Waals surface area contributed by atoms with Gasteiger partial charge in [0.25, 0.3) is 0 Å². The van der Waals surface area contributed by atoms with Crippen molar-refractivity contribution in [3.8, 4) is 11.5 Å². The normalized spacial score (nSPS) is 19.9. The SMILES string of the molecule is COc1cc(C)c(S(=O)(=O)N2CCCCC2COCC(=O)N2CCC(O)(c3cccnc3)CC2)c(C)c1.COc1cc(C)c(S(=O)(=O)N2CCCCC2COCC(=O)O)c(C)c1.Cl.OC1(c2cccnc2)CCNCC1. The monoisotopic (exact) mass is 1120 g/mol. The first kappa shape index (κ1) is 62.0. The Kier molecular flexibility index (Phi) is 23.0. The molecule has 420 valence electrons. The number of aliphatic carboxylic acids is 1. The number of aliphatic hydroxyl groups is 2. The molecule has 4 aliphatic heterocycles. The molecule has 4 N–H and O–H groups in total. The summed E-state index contributed by atoms with van der Waals surface area (Å²) in [5, 5.41) is 33.2. The van der Waals surface area contributed by atoms with E-state index >= 15 is 0 Å². The maximum Gasteiger partial charge on any atom is 0.329 e. The lowest BCUT2D eigenvalue weighted by Crippen LogP contribution is -2.48. The molecule has 4 fully saturated rings. The van der Waals surface area contributed by atoms with Crippen molar-refractivity contribution in [2.45, 2.75) is 125 Å². The van der Waals surface area contributed by atoms with Gasteiger partial charge in [-0.1, -0.05) is 25.0 Å². The van der Waals surface area contributed by atoms with Crippen LogP contribution in [0.4, 0.5) is 0 Å². The first-order valence-electron chi connectivity index (χ1n) is 25.7. The molecule has 6 heterocycles. The Morgan fingerprint density at radius 1 is 0.645 bits per heavy atom. The molecular formula is C54H77ClN6O13S2. The first-order chi connectivity index (χ1) is 35.7. The Morgan fingerprint density at radius 3 is 1.43 bits per heavy atom. The topological polar surface area (TPSA) is 248 Å². The van der Waals surface area contributed by atoms with Crippen molar-refractivity contribution >= 4 is 44.3 Å². The van der Waals surface area contributed by atoms with E-state index in [-0.39, 0.29) is 50.2 Å². The maximum absolute atomic E-state index is 13.7. The van der Waals surface area contributed by atoms with Gasteiger partial charge in [-0.3, -0.25) is 14.8 Å². The number of carbonyl (C=O) groups excluding carboxylic acids is 1. The van der Waals surface area contributed by atoms with Crippen LogP contribution >= 0.6 is 12.4 Å². The summed E-state index contributed by atoms with van der Waals surface area (Å²) >= 11 is 0. The average molecular weight is 1120 g/mol. The van der Waals surface area contributed by atoms with E-state index in [9.17, 15) is 36.6 Å².